The van der Waals surface area contributed by atoms with Gasteiger partial charge in [0.05, 0.1) is 10.5 Å². The molecule has 0 atom stereocenters. The average Bonchev–Trinajstić information content (AvgIpc) is 2.37. The van der Waals surface area contributed by atoms with Gasteiger partial charge in [0, 0.05) is 5.56 Å². The van der Waals surface area contributed by atoms with Gasteiger partial charge in [0.15, 0.2) is 11.5 Å². The summed E-state index contributed by atoms with van der Waals surface area (Å²) in [5.74, 6) is 0.971. The zero-order chi connectivity index (χ0) is 14.0. The number of nitrogens with one attached hydrogen (secondary N) is 1. The van der Waals surface area contributed by atoms with E-state index in [1.807, 2.05) is 0 Å². The lowest BCUT2D eigenvalue weighted by Gasteiger charge is -2.25. The molecular formula is C13H16N2O3S. The van der Waals surface area contributed by atoms with Gasteiger partial charge in [0.1, 0.15) is 13.2 Å². The van der Waals surface area contributed by atoms with Crippen LogP contribution in [-0.4, -0.2) is 29.6 Å². The summed E-state index contributed by atoms with van der Waals surface area (Å²) in [4.78, 5) is 12.4. The highest BCUT2D eigenvalue weighted by molar-refractivity contribution is 7.80. The van der Waals surface area contributed by atoms with Crippen LogP contribution in [0.5, 0.6) is 11.5 Å². The summed E-state index contributed by atoms with van der Waals surface area (Å²) in [7, 11) is 0. The second kappa shape index (κ2) is 5.05. The van der Waals surface area contributed by atoms with Crippen molar-refractivity contribution in [3.8, 4) is 11.5 Å². The molecule has 1 aromatic carbocycles. The number of ether oxygens (including phenoxy) is 2. The Labute approximate surface area is 117 Å². The largest absolute Gasteiger partial charge is 0.486 e. The third-order valence-corrected chi connectivity index (χ3v) is 3.36. The highest BCUT2D eigenvalue weighted by atomic mass is 32.1. The minimum atomic E-state index is -0.736. The van der Waals surface area contributed by atoms with Crippen LogP contribution in [0, 0.1) is 0 Å². The number of hydrogen-bond donors (Lipinski definition) is 2. The fourth-order valence-electron chi connectivity index (χ4n) is 1.60. The number of amides is 1. The van der Waals surface area contributed by atoms with E-state index in [1.54, 1.807) is 32.0 Å². The van der Waals surface area contributed by atoms with E-state index in [1.165, 1.54) is 0 Å². The van der Waals surface area contributed by atoms with Crippen molar-refractivity contribution in [2.24, 2.45) is 5.73 Å². The Bertz CT molecular complexity index is 529. The van der Waals surface area contributed by atoms with Gasteiger partial charge in [-0.15, -0.1) is 0 Å². The summed E-state index contributed by atoms with van der Waals surface area (Å²) in [5.41, 5.74) is 5.32. The molecule has 0 fully saturated rings. The van der Waals surface area contributed by atoms with Crippen molar-refractivity contribution in [3.63, 3.8) is 0 Å². The van der Waals surface area contributed by atoms with Crippen LogP contribution >= 0.6 is 12.2 Å². The third kappa shape index (κ3) is 2.96. The third-order valence-electron chi connectivity index (χ3n) is 2.85. The van der Waals surface area contributed by atoms with Crippen LogP contribution in [0.1, 0.15) is 24.2 Å². The smallest absolute Gasteiger partial charge is 0.252 e. The number of carbonyl (C=O) groups excluding carboxylic acids is 1. The summed E-state index contributed by atoms with van der Waals surface area (Å²) in [6.45, 7) is 4.51. The standard InChI is InChI=1S/C13H16N2O3S/c1-13(2,12(14)19)15-11(16)8-3-4-9-10(7-8)18-6-5-17-9/h3-4,7H,5-6H2,1-2H3,(H2,14,19)(H,15,16). The molecule has 1 aromatic rings. The van der Waals surface area contributed by atoms with Crippen molar-refractivity contribution < 1.29 is 14.3 Å². The zero-order valence-electron chi connectivity index (χ0n) is 10.9. The molecule has 0 radical (unpaired) electrons. The number of thiocarbonyl (C=S) groups is 1. The molecular weight excluding hydrogens is 264 g/mol. The minimum absolute atomic E-state index is 0.235. The van der Waals surface area contributed by atoms with Crippen molar-refractivity contribution in [1.82, 2.24) is 5.32 Å². The zero-order valence-corrected chi connectivity index (χ0v) is 11.7. The van der Waals surface area contributed by atoms with E-state index in [4.69, 9.17) is 27.4 Å². The Morgan fingerprint density at radius 1 is 1.32 bits per heavy atom. The summed E-state index contributed by atoms with van der Waals surface area (Å²) in [6.07, 6.45) is 0. The van der Waals surface area contributed by atoms with Crippen LogP contribution in [0.15, 0.2) is 18.2 Å². The van der Waals surface area contributed by atoms with Crippen molar-refractivity contribution in [3.05, 3.63) is 23.8 Å². The maximum atomic E-state index is 12.1. The normalized spacial score (nSPS) is 13.8. The van der Waals surface area contributed by atoms with Gasteiger partial charge in [-0.2, -0.15) is 0 Å². The van der Waals surface area contributed by atoms with Gasteiger partial charge in [0.2, 0.25) is 0 Å². The Morgan fingerprint density at radius 3 is 2.58 bits per heavy atom. The molecule has 19 heavy (non-hydrogen) atoms. The fraction of sp³-hybridized carbons (Fsp3) is 0.385. The maximum Gasteiger partial charge on any atom is 0.252 e. The minimum Gasteiger partial charge on any atom is -0.486 e. The van der Waals surface area contributed by atoms with Crippen molar-refractivity contribution in [2.75, 3.05) is 13.2 Å². The molecule has 6 heteroatoms. The topological polar surface area (TPSA) is 73.6 Å². The fourth-order valence-corrected chi connectivity index (χ4v) is 1.65. The van der Waals surface area contributed by atoms with Crippen molar-refractivity contribution in [2.45, 2.75) is 19.4 Å². The number of nitrogens with two attached hydrogens (primary N) is 1. The van der Waals surface area contributed by atoms with Gasteiger partial charge in [-0.05, 0) is 32.0 Å². The van der Waals surface area contributed by atoms with E-state index in [0.717, 1.165) is 0 Å². The van der Waals surface area contributed by atoms with Crippen molar-refractivity contribution in [1.29, 1.82) is 0 Å². The number of benzene rings is 1. The van der Waals surface area contributed by atoms with Gasteiger partial charge >= 0.3 is 0 Å². The van der Waals surface area contributed by atoms with Crippen LogP contribution in [0.2, 0.25) is 0 Å². The number of fused-ring (bicyclic) bond motifs is 1. The van der Waals surface area contributed by atoms with E-state index >= 15 is 0 Å². The van der Waals surface area contributed by atoms with Gasteiger partial charge in [-0.3, -0.25) is 4.79 Å². The van der Waals surface area contributed by atoms with E-state index in [9.17, 15) is 4.79 Å². The first-order valence-corrected chi connectivity index (χ1v) is 6.33. The first-order chi connectivity index (χ1) is 8.90. The van der Waals surface area contributed by atoms with Crippen LogP contribution < -0.4 is 20.5 Å². The molecule has 0 saturated heterocycles. The first kappa shape index (κ1) is 13.6. The molecule has 0 spiro atoms. The van der Waals surface area contributed by atoms with Gasteiger partial charge < -0.3 is 20.5 Å². The second-order valence-electron chi connectivity index (χ2n) is 4.80. The van der Waals surface area contributed by atoms with Gasteiger partial charge in [-0.1, -0.05) is 12.2 Å². The molecule has 5 nitrogen and oxygen atoms in total. The highest BCUT2D eigenvalue weighted by Gasteiger charge is 2.25. The van der Waals surface area contributed by atoms with Gasteiger partial charge in [-0.25, -0.2) is 0 Å². The van der Waals surface area contributed by atoms with E-state index in [-0.39, 0.29) is 10.9 Å². The second-order valence-corrected chi connectivity index (χ2v) is 5.24. The number of hydrogen-bond acceptors (Lipinski definition) is 4. The summed E-state index contributed by atoms with van der Waals surface area (Å²) < 4.78 is 10.8. The summed E-state index contributed by atoms with van der Waals surface area (Å²) in [5, 5.41) is 2.78. The first-order valence-electron chi connectivity index (χ1n) is 5.92. The van der Waals surface area contributed by atoms with Gasteiger partial charge in [0.25, 0.3) is 5.91 Å². The van der Waals surface area contributed by atoms with E-state index in [2.05, 4.69) is 5.32 Å². The molecule has 0 aliphatic carbocycles. The van der Waals surface area contributed by atoms with Crippen LogP contribution in [0.25, 0.3) is 0 Å². The predicted molar refractivity (Wildman–Crippen MR) is 75.8 cm³/mol. The molecule has 0 aromatic heterocycles. The van der Waals surface area contributed by atoms with Crippen LogP contribution in [0.3, 0.4) is 0 Å². The van der Waals surface area contributed by atoms with Crippen molar-refractivity contribution >= 4 is 23.1 Å². The van der Waals surface area contributed by atoms with E-state index in [0.29, 0.717) is 30.3 Å². The molecule has 1 amide bonds. The molecule has 3 N–H and O–H groups in total. The average molecular weight is 280 g/mol. The van der Waals surface area contributed by atoms with Crippen LogP contribution in [-0.2, 0) is 0 Å². The Kier molecular flexibility index (Phi) is 3.61. The lowest BCUT2D eigenvalue weighted by atomic mass is 10.0. The SMILES string of the molecule is CC(C)(NC(=O)c1ccc2c(c1)OCCO2)C(N)=S. The highest BCUT2D eigenvalue weighted by Crippen LogP contribution is 2.30. The Hall–Kier alpha value is -1.82. The van der Waals surface area contributed by atoms with E-state index < -0.39 is 5.54 Å². The molecule has 102 valence electrons. The maximum absolute atomic E-state index is 12.1. The molecule has 1 aliphatic heterocycles. The lowest BCUT2D eigenvalue weighted by molar-refractivity contribution is 0.0931. The number of carbonyl (C=O) groups is 1. The molecule has 0 bridgehead atoms. The Morgan fingerprint density at radius 2 is 1.95 bits per heavy atom. The molecule has 1 heterocycles. The molecule has 1 aliphatic rings. The number of rotatable bonds is 3. The lowest BCUT2D eigenvalue weighted by Crippen LogP contribution is -2.52. The molecule has 0 unspecified atom stereocenters. The predicted octanol–water partition coefficient (Wildman–Crippen LogP) is 1.25. The molecule has 2 rings (SSSR count). The molecule has 0 saturated carbocycles. The quantitative estimate of drug-likeness (QED) is 0.815. The van der Waals surface area contributed by atoms with Crippen LogP contribution in [0.4, 0.5) is 0 Å². The summed E-state index contributed by atoms with van der Waals surface area (Å²) >= 11 is 4.92. The Balaban J connectivity index is 2.18. The monoisotopic (exact) mass is 280 g/mol. The summed E-state index contributed by atoms with van der Waals surface area (Å²) in [6, 6.07) is 5.05.